The van der Waals surface area contributed by atoms with Crippen molar-refractivity contribution in [3.05, 3.63) is 215 Å². The second kappa shape index (κ2) is 15.6. The summed E-state index contributed by atoms with van der Waals surface area (Å²) in [6, 6.07) is 47.0. The molecule has 0 saturated carbocycles. The quantitative estimate of drug-likeness (QED) is 0.168. The molecule has 280 valence electrons. The maximum Gasteiger partial charge on any atom is 0.163 e. The highest BCUT2D eigenvalue weighted by Crippen LogP contribution is 2.40. The number of aliphatic imine (C=N–C) groups is 1. The summed E-state index contributed by atoms with van der Waals surface area (Å²) in [7, 11) is 2.14. The number of allylic oxidation sites excluding steroid dienone is 8. The molecule has 0 amide bonds. The number of rotatable bonds is 8. The van der Waals surface area contributed by atoms with Gasteiger partial charge in [-0.15, -0.1) is 0 Å². The predicted octanol–water partition coefficient (Wildman–Crippen LogP) is 11.1. The van der Waals surface area contributed by atoms with Gasteiger partial charge in [-0.2, -0.15) is 0 Å². The third kappa shape index (κ3) is 7.32. The van der Waals surface area contributed by atoms with Crippen molar-refractivity contribution in [3.63, 3.8) is 0 Å². The van der Waals surface area contributed by atoms with E-state index in [0.29, 0.717) is 11.6 Å². The molecule has 6 aromatic rings. The molecule has 4 unspecified atom stereocenters. The molecule has 1 aliphatic heterocycles. The van der Waals surface area contributed by atoms with Crippen LogP contribution < -0.4 is 5.32 Å². The Labute approximate surface area is 335 Å². The SMILES string of the molecule is Cc1ccc(C2(C)N=C(c3ccccc3)N(C)C(c3ccccc3-c3ccccc3)N2)cc1C1C=C(c2nc(-c3ccccc3)nc(C3C=CC=CC3)n2)C=CC1. The van der Waals surface area contributed by atoms with Gasteiger partial charge >= 0.3 is 0 Å². The van der Waals surface area contributed by atoms with E-state index in [2.05, 4.69) is 189 Å². The molecule has 1 N–H and O–H groups in total. The molecule has 0 fully saturated rings. The Morgan fingerprint density at radius 3 is 2.05 bits per heavy atom. The van der Waals surface area contributed by atoms with E-state index >= 15 is 0 Å². The summed E-state index contributed by atoms with van der Waals surface area (Å²) in [6.07, 6.45) is 16.9. The van der Waals surface area contributed by atoms with Gasteiger partial charge in [-0.1, -0.05) is 176 Å². The second-order valence-corrected chi connectivity index (χ2v) is 15.3. The van der Waals surface area contributed by atoms with E-state index in [1.54, 1.807) is 0 Å². The number of benzene rings is 5. The Bertz CT molecular complexity index is 2550. The number of amidine groups is 1. The molecule has 0 radical (unpaired) electrons. The zero-order chi connectivity index (χ0) is 38.8. The van der Waals surface area contributed by atoms with Crippen molar-refractivity contribution < 1.29 is 0 Å². The minimum absolute atomic E-state index is 0.106. The van der Waals surface area contributed by atoms with Crippen LogP contribution in [0, 0.1) is 6.92 Å². The van der Waals surface area contributed by atoms with Crippen molar-refractivity contribution >= 4 is 11.4 Å². The maximum atomic E-state index is 5.55. The minimum Gasteiger partial charge on any atom is -0.340 e. The van der Waals surface area contributed by atoms with Crippen LogP contribution in [0.1, 0.15) is 77.2 Å². The molecule has 4 atom stereocenters. The summed E-state index contributed by atoms with van der Waals surface area (Å²) in [5.41, 5.74) is 9.55. The lowest BCUT2D eigenvalue weighted by Gasteiger charge is -2.45. The molecule has 5 aromatic carbocycles. The van der Waals surface area contributed by atoms with Crippen molar-refractivity contribution in [2.45, 2.75) is 50.4 Å². The monoisotopic (exact) mass is 742 g/mol. The van der Waals surface area contributed by atoms with Crippen molar-refractivity contribution in [2.75, 3.05) is 7.05 Å². The van der Waals surface area contributed by atoms with E-state index in [4.69, 9.17) is 19.9 Å². The summed E-state index contributed by atoms with van der Waals surface area (Å²) in [4.78, 5) is 23.0. The van der Waals surface area contributed by atoms with Crippen LogP contribution in [-0.4, -0.2) is 32.7 Å². The normalized spacial score (nSPS) is 21.6. The van der Waals surface area contributed by atoms with Gasteiger partial charge in [-0.25, -0.2) is 19.9 Å². The van der Waals surface area contributed by atoms with Crippen LogP contribution in [0.25, 0.3) is 28.1 Å². The Morgan fingerprint density at radius 1 is 0.649 bits per heavy atom. The molecule has 1 aromatic heterocycles. The number of aryl methyl sites for hydroxylation is 1. The number of hydrogen-bond acceptors (Lipinski definition) is 6. The van der Waals surface area contributed by atoms with E-state index in [0.717, 1.165) is 46.8 Å². The highest BCUT2D eigenvalue weighted by molar-refractivity contribution is 5.99. The molecular formula is C51H46N6. The van der Waals surface area contributed by atoms with Crippen LogP contribution in [0.5, 0.6) is 0 Å². The number of hydrogen-bond donors (Lipinski definition) is 1. The standard InChI is InChI=1S/C51H46N6/c1-35-31-32-42(51(2)55-49(39-25-14-7-15-26-39)57(3)50(56-51)44-30-17-16-29-43(44)36-19-8-4-9-20-36)34-45(35)40-27-18-28-41(33-40)48-53-46(37-21-10-5-11-22-37)52-47(54-48)38-23-12-6-13-24-38/h4-23,25-26,28-34,38,40,50,56H,24,27H2,1-3H3. The van der Waals surface area contributed by atoms with Crippen molar-refractivity contribution in [1.82, 2.24) is 25.2 Å². The number of nitrogens with zero attached hydrogens (tertiary/aromatic N) is 5. The Balaban J connectivity index is 1.11. The van der Waals surface area contributed by atoms with Gasteiger partial charge in [-0.3, -0.25) is 5.32 Å². The van der Waals surface area contributed by atoms with Gasteiger partial charge in [0.25, 0.3) is 0 Å². The molecule has 57 heavy (non-hydrogen) atoms. The van der Waals surface area contributed by atoms with Crippen molar-refractivity contribution in [3.8, 4) is 22.5 Å². The molecular weight excluding hydrogens is 697 g/mol. The third-order valence-electron chi connectivity index (χ3n) is 11.4. The van der Waals surface area contributed by atoms with Crippen molar-refractivity contribution in [2.24, 2.45) is 4.99 Å². The van der Waals surface area contributed by atoms with Crippen molar-refractivity contribution in [1.29, 1.82) is 0 Å². The van der Waals surface area contributed by atoms with Crippen LogP contribution in [0.4, 0.5) is 0 Å². The molecule has 3 aliphatic rings. The fourth-order valence-corrected chi connectivity index (χ4v) is 8.28. The molecule has 2 heterocycles. The molecule has 0 saturated heterocycles. The van der Waals surface area contributed by atoms with Gasteiger partial charge in [0.2, 0.25) is 0 Å². The highest BCUT2D eigenvalue weighted by Gasteiger charge is 2.39. The second-order valence-electron chi connectivity index (χ2n) is 15.3. The van der Waals surface area contributed by atoms with Crippen LogP contribution in [0.2, 0.25) is 0 Å². The summed E-state index contributed by atoms with van der Waals surface area (Å²) in [5.74, 6) is 3.38. The van der Waals surface area contributed by atoms with E-state index in [1.165, 1.54) is 27.8 Å². The first kappa shape index (κ1) is 36.2. The number of nitrogens with one attached hydrogen (secondary N) is 1. The molecule has 2 aliphatic carbocycles. The van der Waals surface area contributed by atoms with E-state index in [9.17, 15) is 0 Å². The highest BCUT2D eigenvalue weighted by atomic mass is 15.4. The Hall–Kier alpha value is -6.50. The first-order chi connectivity index (χ1) is 27.9. The van der Waals surface area contributed by atoms with Crippen LogP contribution in [0.15, 0.2) is 181 Å². The van der Waals surface area contributed by atoms with Crippen LogP contribution in [-0.2, 0) is 5.66 Å². The van der Waals surface area contributed by atoms with E-state index in [1.807, 2.05) is 18.2 Å². The molecule has 9 rings (SSSR count). The lowest BCUT2D eigenvalue weighted by atomic mass is 9.84. The predicted molar refractivity (Wildman–Crippen MR) is 232 cm³/mol. The molecule has 6 nitrogen and oxygen atoms in total. The number of aromatic nitrogens is 3. The van der Waals surface area contributed by atoms with Gasteiger partial charge in [0.1, 0.15) is 23.5 Å². The Kier molecular flexibility index (Phi) is 9.87. The van der Waals surface area contributed by atoms with E-state index < -0.39 is 5.66 Å². The van der Waals surface area contributed by atoms with Gasteiger partial charge < -0.3 is 4.90 Å². The molecule has 6 heteroatoms. The third-order valence-corrected chi connectivity index (χ3v) is 11.4. The smallest absolute Gasteiger partial charge is 0.163 e. The van der Waals surface area contributed by atoms with Crippen LogP contribution in [0.3, 0.4) is 0 Å². The summed E-state index contributed by atoms with van der Waals surface area (Å²) in [5, 5.41) is 4.04. The van der Waals surface area contributed by atoms with Crippen LogP contribution >= 0.6 is 0 Å². The maximum absolute atomic E-state index is 5.55. The largest absolute Gasteiger partial charge is 0.340 e. The first-order valence-corrected chi connectivity index (χ1v) is 19.9. The van der Waals surface area contributed by atoms with Gasteiger partial charge in [-0.05, 0) is 60.1 Å². The fourth-order valence-electron chi connectivity index (χ4n) is 8.28. The lowest BCUT2D eigenvalue weighted by Crippen LogP contribution is -2.54. The van der Waals surface area contributed by atoms with Gasteiger partial charge in [0, 0.05) is 35.6 Å². The zero-order valence-corrected chi connectivity index (χ0v) is 32.6. The fraction of sp³-hybridized carbons (Fsp3) is 0.176. The summed E-state index contributed by atoms with van der Waals surface area (Å²) < 4.78 is 0. The summed E-state index contributed by atoms with van der Waals surface area (Å²) >= 11 is 0. The van der Waals surface area contributed by atoms with Gasteiger partial charge in [0.05, 0.1) is 0 Å². The lowest BCUT2D eigenvalue weighted by molar-refractivity contribution is 0.197. The zero-order valence-electron chi connectivity index (χ0n) is 32.6. The molecule has 0 bridgehead atoms. The Morgan fingerprint density at radius 2 is 1.32 bits per heavy atom. The first-order valence-electron chi connectivity index (χ1n) is 19.9. The molecule has 0 spiro atoms. The average molecular weight is 743 g/mol. The minimum atomic E-state index is -0.735. The van der Waals surface area contributed by atoms with Gasteiger partial charge in [0.15, 0.2) is 11.6 Å². The topological polar surface area (TPSA) is 66.3 Å². The average Bonchev–Trinajstić information content (AvgIpc) is 3.28. The van der Waals surface area contributed by atoms with E-state index in [-0.39, 0.29) is 18.0 Å². The summed E-state index contributed by atoms with van der Waals surface area (Å²) in [6.45, 7) is 4.42.